The van der Waals surface area contributed by atoms with E-state index in [4.69, 9.17) is 5.11 Å². The molecule has 0 heterocycles. The standard InChI is InChI=1S/C6H12O2.BrH/c1-5(7)4-6(2,3)8;/h8H,4H2,1-3H3;1H. The van der Waals surface area contributed by atoms with Crippen LogP contribution in [0.2, 0.25) is 0 Å². The van der Waals surface area contributed by atoms with Crippen LogP contribution in [-0.2, 0) is 4.79 Å². The third-order valence-electron chi connectivity index (χ3n) is 0.682. The summed E-state index contributed by atoms with van der Waals surface area (Å²) < 4.78 is 0. The van der Waals surface area contributed by atoms with E-state index in [1.807, 2.05) is 0 Å². The van der Waals surface area contributed by atoms with E-state index in [-0.39, 0.29) is 29.2 Å². The minimum atomic E-state index is -0.828. The lowest BCUT2D eigenvalue weighted by atomic mass is 10.0. The van der Waals surface area contributed by atoms with E-state index in [0.29, 0.717) is 0 Å². The Balaban J connectivity index is 0. The number of hydrogen-bond donors (Lipinski definition) is 1. The second-order valence-corrected chi connectivity index (χ2v) is 2.69. The molecular formula is C6H13BrO2. The van der Waals surface area contributed by atoms with E-state index in [9.17, 15) is 4.79 Å². The Labute approximate surface area is 66.0 Å². The Kier molecular flexibility index (Phi) is 5.28. The van der Waals surface area contributed by atoms with Crippen molar-refractivity contribution in [2.24, 2.45) is 0 Å². The maximum Gasteiger partial charge on any atom is 0.132 e. The zero-order valence-electron chi connectivity index (χ0n) is 5.97. The normalized spacial score (nSPS) is 10.2. The minimum Gasteiger partial charge on any atom is -0.390 e. The van der Waals surface area contributed by atoms with Crippen LogP contribution >= 0.6 is 17.0 Å². The summed E-state index contributed by atoms with van der Waals surface area (Å²) in [6.45, 7) is 4.71. The summed E-state index contributed by atoms with van der Waals surface area (Å²) >= 11 is 0. The van der Waals surface area contributed by atoms with E-state index in [2.05, 4.69) is 0 Å². The summed E-state index contributed by atoms with van der Waals surface area (Å²) in [5.41, 5.74) is -0.828. The van der Waals surface area contributed by atoms with Crippen LogP contribution in [0.25, 0.3) is 0 Å². The highest BCUT2D eigenvalue weighted by Crippen LogP contribution is 2.06. The fourth-order valence-electron chi connectivity index (χ4n) is 0.609. The lowest BCUT2D eigenvalue weighted by Gasteiger charge is -2.13. The molecule has 56 valence electrons. The predicted octanol–water partition coefficient (Wildman–Crippen LogP) is 1.31. The van der Waals surface area contributed by atoms with Gasteiger partial charge in [-0.15, -0.1) is 17.0 Å². The van der Waals surface area contributed by atoms with E-state index in [1.54, 1.807) is 13.8 Å². The van der Waals surface area contributed by atoms with E-state index in [1.165, 1.54) is 6.92 Å². The topological polar surface area (TPSA) is 37.3 Å². The molecule has 3 heteroatoms. The van der Waals surface area contributed by atoms with Crippen molar-refractivity contribution >= 4 is 22.8 Å². The van der Waals surface area contributed by atoms with Gasteiger partial charge in [0.05, 0.1) is 5.60 Å². The van der Waals surface area contributed by atoms with Gasteiger partial charge in [-0.1, -0.05) is 0 Å². The highest BCUT2D eigenvalue weighted by atomic mass is 79.9. The minimum absolute atomic E-state index is 0. The van der Waals surface area contributed by atoms with Gasteiger partial charge in [-0.3, -0.25) is 4.79 Å². The lowest BCUT2D eigenvalue weighted by molar-refractivity contribution is -0.120. The molecule has 0 aromatic carbocycles. The first-order valence-corrected chi connectivity index (χ1v) is 2.63. The van der Waals surface area contributed by atoms with Gasteiger partial charge in [-0.2, -0.15) is 0 Å². The molecule has 0 atom stereocenters. The molecule has 0 aromatic heterocycles. The number of hydrogen-bond acceptors (Lipinski definition) is 2. The van der Waals surface area contributed by atoms with Crippen molar-refractivity contribution < 1.29 is 9.90 Å². The van der Waals surface area contributed by atoms with Crippen LogP contribution in [0, 0.1) is 0 Å². The summed E-state index contributed by atoms with van der Waals surface area (Å²) in [5.74, 6) is 0.0255. The molecule has 0 aliphatic heterocycles. The van der Waals surface area contributed by atoms with Crippen molar-refractivity contribution in [1.29, 1.82) is 0 Å². The summed E-state index contributed by atoms with van der Waals surface area (Å²) in [7, 11) is 0. The fraction of sp³-hybridized carbons (Fsp3) is 0.833. The Morgan fingerprint density at radius 1 is 1.56 bits per heavy atom. The molecule has 0 aliphatic carbocycles. The molecule has 0 unspecified atom stereocenters. The number of Topliss-reactive ketones (excluding diaryl/α,β-unsaturated/α-hetero) is 1. The Hall–Kier alpha value is 0.110. The van der Waals surface area contributed by atoms with Gasteiger partial charge in [0.15, 0.2) is 0 Å². The Bertz CT molecular complexity index is 93.7. The first-order valence-electron chi connectivity index (χ1n) is 2.63. The van der Waals surface area contributed by atoms with Gasteiger partial charge >= 0.3 is 0 Å². The molecule has 0 saturated carbocycles. The van der Waals surface area contributed by atoms with Crippen LogP contribution in [-0.4, -0.2) is 16.5 Å². The Morgan fingerprint density at radius 3 is 1.89 bits per heavy atom. The summed E-state index contributed by atoms with van der Waals surface area (Å²) in [5, 5.41) is 8.97. The van der Waals surface area contributed by atoms with Crippen LogP contribution in [0.15, 0.2) is 0 Å². The van der Waals surface area contributed by atoms with E-state index >= 15 is 0 Å². The van der Waals surface area contributed by atoms with Crippen LogP contribution < -0.4 is 0 Å². The van der Waals surface area contributed by atoms with Crippen LogP contribution in [0.4, 0.5) is 0 Å². The summed E-state index contributed by atoms with van der Waals surface area (Å²) in [6, 6.07) is 0. The molecule has 9 heavy (non-hydrogen) atoms. The van der Waals surface area contributed by atoms with Gasteiger partial charge in [-0.25, -0.2) is 0 Å². The average molecular weight is 197 g/mol. The molecule has 0 bridgehead atoms. The number of carbonyl (C=O) groups is 1. The van der Waals surface area contributed by atoms with Crippen molar-refractivity contribution in [1.82, 2.24) is 0 Å². The molecule has 0 saturated heterocycles. The van der Waals surface area contributed by atoms with Crippen LogP contribution in [0.5, 0.6) is 0 Å². The predicted molar refractivity (Wildman–Crippen MR) is 41.9 cm³/mol. The van der Waals surface area contributed by atoms with Gasteiger partial charge in [0.2, 0.25) is 0 Å². The molecule has 0 amide bonds. The molecule has 1 N–H and O–H groups in total. The largest absolute Gasteiger partial charge is 0.390 e. The van der Waals surface area contributed by atoms with E-state index in [0.717, 1.165) is 0 Å². The van der Waals surface area contributed by atoms with Crippen molar-refractivity contribution in [2.75, 3.05) is 0 Å². The maximum absolute atomic E-state index is 10.3. The molecule has 0 spiro atoms. The summed E-state index contributed by atoms with van der Waals surface area (Å²) in [6.07, 6.45) is 0.243. The molecule has 0 fully saturated rings. The first-order chi connectivity index (χ1) is 3.42. The number of ketones is 1. The fourth-order valence-corrected chi connectivity index (χ4v) is 0.609. The van der Waals surface area contributed by atoms with Gasteiger partial charge in [-0.05, 0) is 20.8 Å². The average Bonchev–Trinajstić information content (AvgIpc) is 1.21. The Morgan fingerprint density at radius 2 is 1.89 bits per heavy atom. The van der Waals surface area contributed by atoms with Crippen molar-refractivity contribution in [3.63, 3.8) is 0 Å². The quantitative estimate of drug-likeness (QED) is 0.724. The van der Waals surface area contributed by atoms with Crippen LogP contribution in [0.1, 0.15) is 27.2 Å². The molecule has 0 aromatic rings. The van der Waals surface area contributed by atoms with E-state index < -0.39 is 5.60 Å². The number of halogens is 1. The van der Waals surface area contributed by atoms with Gasteiger partial charge in [0.25, 0.3) is 0 Å². The third-order valence-corrected chi connectivity index (χ3v) is 0.682. The zero-order chi connectivity index (χ0) is 6.78. The summed E-state index contributed by atoms with van der Waals surface area (Å²) in [4.78, 5) is 10.3. The molecule has 0 aliphatic rings. The number of carbonyl (C=O) groups excluding carboxylic acids is 1. The first kappa shape index (κ1) is 11.9. The van der Waals surface area contributed by atoms with Gasteiger partial charge < -0.3 is 5.11 Å². The highest BCUT2D eigenvalue weighted by Gasteiger charge is 2.13. The lowest BCUT2D eigenvalue weighted by Crippen LogP contribution is -2.21. The maximum atomic E-state index is 10.3. The molecular weight excluding hydrogens is 184 g/mol. The SMILES string of the molecule is Br.CC(=O)CC(C)(C)O. The molecule has 0 radical (unpaired) electrons. The molecule has 2 nitrogen and oxygen atoms in total. The second-order valence-electron chi connectivity index (χ2n) is 2.69. The van der Waals surface area contributed by atoms with Gasteiger partial charge in [0.1, 0.15) is 5.78 Å². The number of aliphatic hydroxyl groups is 1. The third kappa shape index (κ3) is 11.6. The highest BCUT2D eigenvalue weighted by molar-refractivity contribution is 8.93. The molecule has 0 rings (SSSR count). The second kappa shape index (κ2) is 4.01. The smallest absolute Gasteiger partial charge is 0.132 e. The number of rotatable bonds is 2. The zero-order valence-corrected chi connectivity index (χ0v) is 7.68. The van der Waals surface area contributed by atoms with Crippen LogP contribution in [0.3, 0.4) is 0 Å². The monoisotopic (exact) mass is 196 g/mol. The van der Waals surface area contributed by atoms with Crippen molar-refractivity contribution in [3.05, 3.63) is 0 Å². The van der Waals surface area contributed by atoms with Crippen molar-refractivity contribution in [3.8, 4) is 0 Å². The van der Waals surface area contributed by atoms with Gasteiger partial charge in [0, 0.05) is 6.42 Å². The van der Waals surface area contributed by atoms with Crippen molar-refractivity contribution in [2.45, 2.75) is 32.8 Å².